The molecule has 2 aromatic rings. The van der Waals surface area contributed by atoms with Crippen molar-refractivity contribution < 1.29 is 19.4 Å². The predicted molar refractivity (Wildman–Crippen MR) is 89.2 cm³/mol. The maximum absolute atomic E-state index is 12.9. The molecule has 0 saturated heterocycles. The second-order valence-electron chi connectivity index (χ2n) is 6.42. The number of ether oxygens (including phenoxy) is 2. The average molecular weight is 343 g/mol. The molecule has 25 heavy (non-hydrogen) atoms. The topological polar surface area (TPSA) is 76.8 Å². The molecule has 0 saturated carbocycles. The Hall–Kier alpha value is -2.54. The van der Waals surface area contributed by atoms with Gasteiger partial charge in [-0.05, 0) is 18.1 Å². The van der Waals surface area contributed by atoms with Gasteiger partial charge in [0.15, 0.2) is 11.5 Å². The Morgan fingerprint density at radius 1 is 1.40 bits per heavy atom. The van der Waals surface area contributed by atoms with Gasteiger partial charge in [-0.1, -0.05) is 12.1 Å². The molecule has 1 N–H and O–H groups in total. The Labute approximate surface area is 145 Å². The number of carbonyl (C=O) groups is 1. The van der Waals surface area contributed by atoms with Gasteiger partial charge in [-0.15, -0.1) is 0 Å². The van der Waals surface area contributed by atoms with Crippen LogP contribution in [0, 0.1) is 5.92 Å². The van der Waals surface area contributed by atoms with E-state index in [-0.39, 0.29) is 18.4 Å². The molecule has 3 heterocycles. The van der Waals surface area contributed by atoms with E-state index in [0.717, 1.165) is 22.6 Å². The number of aliphatic hydroxyl groups excluding tert-OH is 1. The molecule has 1 aromatic carbocycles. The summed E-state index contributed by atoms with van der Waals surface area (Å²) in [5, 5.41) is 13.4. The minimum absolute atomic E-state index is 0.0388. The molecule has 0 bridgehead atoms. The summed E-state index contributed by atoms with van der Waals surface area (Å²) >= 11 is 0. The Bertz CT molecular complexity index is 802. The molecule has 132 valence electrons. The second kappa shape index (κ2) is 6.40. The van der Waals surface area contributed by atoms with Crippen molar-refractivity contribution in [2.75, 3.05) is 20.3 Å². The minimum atomic E-state index is -0.192. The lowest BCUT2D eigenvalue weighted by Gasteiger charge is -2.28. The van der Waals surface area contributed by atoms with E-state index in [9.17, 15) is 4.79 Å². The molecule has 0 unspecified atom stereocenters. The van der Waals surface area contributed by atoms with Crippen LogP contribution in [0.25, 0.3) is 0 Å². The first-order valence-electron chi connectivity index (χ1n) is 8.43. The number of aromatic nitrogens is 2. The monoisotopic (exact) mass is 343 g/mol. The fraction of sp³-hybridized carbons (Fsp3) is 0.444. The quantitative estimate of drug-likeness (QED) is 0.895. The van der Waals surface area contributed by atoms with Crippen LogP contribution in [0.1, 0.15) is 16.8 Å². The maximum Gasteiger partial charge on any atom is 0.230 e. The van der Waals surface area contributed by atoms with Crippen LogP contribution in [0.4, 0.5) is 0 Å². The number of nitrogens with zero attached hydrogens (tertiary/aromatic N) is 3. The summed E-state index contributed by atoms with van der Waals surface area (Å²) < 4.78 is 12.9. The van der Waals surface area contributed by atoms with E-state index < -0.39 is 0 Å². The fourth-order valence-corrected chi connectivity index (χ4v) is 3.62. The van der Waals surface area contributed by atoms with Crippen LogP contribution < -0.4 is 9.47 Å². The molecule has 2 aliphatic heterocycles. The molecule has 7 heteroatoms. The van der Waals surface area contributed by atoms with E-state index in [2.05, 4.69) is 5.10 Å². The van der Waals surface area contributed by atoms with Crippen LogP contribution in [-0.4, -0.2) is 46.0 Å². The summed E-state index contributed by atoms with van der Waals surface area (Å²) in [5.41, 5.74) is 3.08. The van der Waals surface area contributed by atoms with Gasteiger partial charge in [0.05, 0.1) is 44.6 Å². The highest BCUT2D eigenvalue weighted by Gasteiger charge is 2.34. The molecule has 4 rings (SSSR count). The van der Waals surface area contributed by atoms with Crippen LogP contribution in [0.15, 0.2) is 24.4 Å². The predicted octanol–water partition coefficient (Wildman–Crippen LogP) is 0.977. The smallest absolute Gasteiger partial charge is 0.230 e. The summed E-state index contributed by atoms with van der Waals surface area (Å²) in [6, 6.07) is 5.77. The molecule has 7 nitrogen and oxygen atoms in total. The lowest BCUT2D eigenvalue weighted by Crippen LogP contribution is -2.38. The molecular weight excluding hydrogens is 322 g/mol. The molecular formula is C18H21N3O4. The first kappa shape index (κ1) is 16.0. The first-order chi connectivity index (χ1) is 12.2. The number of hydrogen-bond donors (Lipinski definition) is 1. The fourth-order valence-electron chi connectivity index (χ4n) is 3.62. The van der Waals surface area contributed by atoms with Crippen LogP contribution in [0.2, 0.25) is 0 Å². The summed E-state index contributed by atoms with van der Waals surface area (Å²) in [4.78, 5) is 14.8. The number of benzene rings is 1. The second-order valence-corrected chi connectivity index (χ2v) is 6.42. The zero-order chi connectivity index (χ0) is 17.4. The number of hydrogen-bond acceptors (Lipinski definition) is 5. The normalized spacial score (nSPS) is 18.5. The molecule has 0 spiro atoms. The van der Waals surface area contributed by atoms with Crippen molar-refractivity contribution in [1.82, 2.24) is 14.7 Å². The Morgan fingerprint density at radius 2 is 2.28 bits per heavy atom. The number of rotatable bonds is 4. The molecule has 0 fully saturated rings. The minimum Gasteiger partial charge on any atom is -0.493 e. The summed E-state index contributed by atoms with van der Waals surface area (Å²) in [6.07, 6.45) is 2.44. The first-order valence-corrected chi connectivity index (χ1v) is 8.43. The Morgan fingerprint density at radius 3 is 3.08 bits per heavy atom. The van der Waals surface area contributed by atoms with Crippen molar-refractivity contribution in [2.24, 2.45) is 5.92 Å². The van der Waals surface area contributed by atoms with Crippen LogP contribution in [0.5, 0.6) is 11.5 Å². The van der Waals surface area contributed by atoms with Crippen molar-refractivity contribution in [3.05, 3.63) is 41.2 Å². The molecule has 0 aliphatic carbocycles. The SMILES string of the molecule is COc1cccc2c1OC[C@H](C(=O)N1Cc3cnn(CCO)c3C1)C2. The van der Waals surface area contributed by atoms with Gasteiger partial charge in [0.25, 0.3) is 0 Å². The Kier molecular flexibility index (Phi) is 4.09. The number of methoxy groups -OCH3 is 1. The highest BCUT2D eigenvalue weighted by Crippen LogP contribution is 2.37. The average Bonchev–Trinajstić information content (AvgIpc) is 3.22. The number of carbonyl (C=O) groups excluding carboxylic acids is 1. The van der Waals surface area contributed by atoms with Crippen molar-refractivity contribution in [3.8, 4) is 11.5 Å². The van der Waals surface area contributed by atoms with Crippen LogP contribution in [0.3, 0.4) is 0 Å². The van der Waals surface area contributed by atoms with E-state index in [1.165, 1.54) is 0 Å². The van der Waals surface area contributed by atoms with Gasteiger partial charge in [-0.2, -0.15) is 5.10 Å². The Balaban J connectivity index is 1.48. The van der Waals surface area contributed by atoms with Gasteiger partial charge < -0.3 is 19.5 Å². The van der Waals surface area contributed by atoms with Crippen molar-refractivity contribution in [3.63, 3.8) is 0 Å². The lowest BCUT2D eigenvalue weighted by atomic mass is 9.95. The molecule has 2 aliphatic rings. The third kappa shape index (κ3) is 2.74. The standard InChI is InChI=1S/C18H21N3O4/c1-24-16-4-2-3-12-7-13(11-25-17(12)16)18(23)20-9-14-8-19-21(5-6-22)15(14)10-20/h2-4,8,13,22H,5-7,9-11H2,1H3/t13-/m1/s1. The third-order valence-corrected chi connectivity index (χ3v) is 4.89. The largest absolute Gasteiger partial charge is 0.493 e. The van der Waals surface area contributed by atoms with E-state index in [1.54, 1.807) is 18.0 Å². The molecule has 1 amide bonds. The number of aliphatic hydroxyl groups is 1. The summed E-state index contributed by atoms with van der Waals surface area (Å²) in [6.45, 7) is 1.97. The van der Waals surface area contributed by atoms with E-state index in [0.29, 0.717) is 38.4 Å². The van der Waals surface area contributed by atoms with Gasteiger partial charge in [-0.3, -0.25) is 9.48 Å². The highest BCUT2D eigenvalue weighted by atomic mass is 16.5. The van der Waals surface area contributed by atoms with E-state index in [4.69, 9.17) is 14.6 Å². The third-order valence-electron chi connectivity index (χ3n) is 4.89. The van der Waals surface area contributed by atoms with Crippen LogP contribution >= 0.6 is 0 Å². The van der Waals surface area contributed by atoms with Crippen molar-refractivity contribution in [1.29, 1.82) is 0 Å². The number of para-hydroxylation sites is 1. The zero-order valence-corrected chi connectivity index (χ0v) is 14.1. The highest BCUT2D eigenvalue weighted by molar-refractivity contribution is 5.80. The maximum atomic E-state index is 12.9. The van der Waals surface area contributed by atoms with Gasteiger partial charge in [0.2, 0.25) is 5.91 Å². The van der Waals surface area contributed by atoms with Crippen molar-refractivity contribution in [2.45, 2.75) is 26.1 Å². The lowest BCUT2D eigenvalue weighted by molar-refractivity contribution is -0.137. The van der Waals surface area contributed by atoms with Gasteiger partial charge in [0.1, 0.15) is 6.61 Å². The van der Waals surface area contributed by atoms with Gasteiger partial charge in [0, 0.05) is 12.1 Å². The molecule has 0 radical (unpaired) electrons. The summed E-state index contributed by atoms with van der Waals surface area (Å²) in [5.74, 6) is 1.36. The van der Waals surface area contributed by atoms with Gasteiger partial charge >= 0.3 is 0 Å². The summed E-state index contributed by atoms with van der Waals surface area (Å²) in [7, 11) is 1.62. The van der Waals surface area contributed by atoms with E-state index in [1.807, 2.05) is 23.1 Å². The number of amides is 1. The van der Waals surface area contributed by atoms with Crippen LogP contribution in [-0.2, 0) is 30.8 Å². The number of fused-ring (bicyclic) bond motifs is 2. The van der Waals surface area contributed by atoms with E-state index >= 15 is 0 Å². The van der Waals surface area contributed by atoms with Crippen molar-refractivity contribution >= 4 is 5.91 Å². The zero-order valence-electron chi connectivity index (χ0n) is 14.1. The van der Waals surface area contributed by atoms with Gasteiger partial charge in [-0.25, -0.2) is 0 Å². The molecule has 1 aromatic heterocycles. The molecule has 1 atom stereocenters.